The van der Waals surface area contributed by atoms with Crippen LogP contribution in [0.2, 0.25) is 0 Å². The van der Waals surface area contributed by atoms with E-state index in [1.807, 2.05) is 29.6 Å². The van der Waals surface area contributed by atoms with Gasteiger partial charge in [0.2, 0.25) is 0 Å². The number of aromatic nitrogens is 2. The SMILES string of the molecule is Nc1cccc2cc(C(=O)NCCc3nccs3)[nH]c12. The number of nitrogens with one attached hydrogen (secondary N) is 2. The van der Waals surface area contributed by atoms with Crippen molar-refractivity contribution in [1.29, 1.82) is 0 Å². The van der Waals surface area contributed by atoms with Gasteiger partial charge in [-0.3, -0.25) is 4.79 Å². The summed E-state index contributed by atoms with van der Waals surface area (Å²) >= 11 is 1.59. The van der Waals surface area contributed by atoms with Crippen LogP contribution in [0.5, 0.6) is 0 Å². The second-order valence-electron chi connectivity index (χ2n) is 4.43. The molecule has 102 valence electrons. The van der Waals surface area contributed by atoms with Gasteiger partial charge in [0, 0.05) is 29.9 Å². The third-order valence-electron chi connectivity index (χ3n) is 3.04. The lowest BCUT2D eigenvalue weighted by molar-refractivity contribution is 0.0950. The fourth-order valence-electron chi connectivity index (χ4n) is 2.06. The van der Waals surface area contributed by atoms with Gasteiger partial charge in [0.15, 0.2) is 0 Å². The number of rotatable bonds is 4. The van der Waals surface area contributed by atoms with E-state index in [-0.39, 0.29) is 5.91 Å². The largest absolute Gasteiger partial charge is 0.397 e. The zero-order valence-electron chi connectivity index (χ0n) is 10.7. The van der Waals surface area contributed by atoms with Gasteiger partial charge in [0.25, 0.3) is 5.91 Å². The Kier molecular flexibility index (Phi) is 3.39. The first-order valence-corrected chi connectivity index (χ1v) is 7.16. The Bertz CT molecular complexity index is 733. The number of H-pyrrole nitrogens is 1. The molecule has 6 heteroatoms. The van der Waals surface area contributed by atoms with Gasteiger partial charge in [0.1, 0.15) is 5.69 Å². The van der Waals surface area contributed by atoms with E-state index in [4.69, 9.17) is 5.73 Å². The molecule has 3 rings (SSSR count). The highest BCUT2D eigenvalue weighted by Crippen LogP contribution is 2.20. The van der Waals surface area contributed by atoms with Crippen LogP contribution in [0, 0.1) is 0 Å². The highest BCUT2D eigenvalue weighted by molar-refractivity contribution is 7.09. The zero-order valence-corrected chi connectivity index (χ0v) is 11.5. The lowest BCUT2D eigenvalue weighted by atomic mass is 10.2. The molecule has 4 N–H and O–H groups in total. The van der Waals surface area contributed by atoms with Crippen LogP contribution >= 0.6 is 11.3 Å². The zero-order chi connectivity index (χ0) is 13.9. The minimum Gasteiger partial charge on any atom is -0.397 e. The number of carbonyl (C=O) groups is 1. The van der Waals surface area contributed by atoms with Gasteiger partial charge in [0.05, 0.1) is 16.2 Å². The molecular formula is C14H14N4OS. The first kappa shape index (κ1) is 12.7. The smallest absolute Gasteiger partial charge is 0.267 e. The van der Waals surface area contributed by atoms with Gasteiger partial charge in [-0.1, -0.05) is 12.1 Å². The second kappa shape index (κ2) is 5.34. The highest BCUT2D eigenvalue weighted by Gasteiger charge is 2.10. The number of hydrogen-bond acceptors (Lipinski definition) is 4. The molecule has 0 aliphatic rings. The van der Waals surface area contributed by atoms with E-state index >= 15 is 0 Å². The summed E-state index contributed by atoms with van der Waals surface area (Å²) in [5.74, 6) is -0.128. The van der Waals surface area contributed by atoms with Gasteiger partial charge in [-0.15, -0.1) is 11.3 Å². The molecule has 20 heavy (non-hydrogen) atoms. The summed E-state index contributed by atoms with van der Waals surface area (Å²) in [6.07, 6.45) is 2.51. The maximum atomic E-state index is 12.1. The van der Waals surface area contributed by atoms with Crippen LogP contribution < -0.4 is 11.1 Å². The van der Waals surface area contributed by atoms with Crippen LogP contribution in [0.15, 0.2) is 35.8 Å². The van der Waals surface area contributed by atoms with Crippen LogP contribution in [0.3, 0.4) is 0 Å². The standard InChI is InChI=1S/C14H14N4OS/c15-10-3-1-2-9-8-11(18-13(9)10)14(19)17-5-4-12-16-6-7-20-12/h1-3,6-8,18H,4-5,15H2,(H,17,19). The Balaban J connectivity index is 1.68. The lowest BCUT2D eigenvalue weighted by Gasteiger charge is -2.01. The number of hydrogen-bond donors (Lipinski definition) is 3. The Labute approximate surface area is 119 Å². The van der Waals surface area contributed by atoms with Crippen molar-refractivity contribution in [2.24, 2.45) is 0 Å². The fourth-order valence-corrected chi connectivity index (χ4v) is 2.68. The molecule has 0 unspecified atom stereocenters. The van der Waals surface area contributed by atoms with Crippen LogP contribution in [-0.4, -0.2) is 22.4 Å². The number of amides is 1. The molecule has 3 aromatic rings. The fraction of sp³-hybridized carbons (Fsp3) is 0.143. The highest BCUT2D eigenvalue weighted by atomic mass is 32.1. The Hall–Kier alpha value is -2.34. The van der Waals surface area contributed by atoms with E-state index in [2.05, 4.69) is 15.3 Å². The summed E-state index contributed by atoms with van der Waals surface area (Å²) in [4.78, 5) is 19.3. The first-order chi connectivity index (χ1) is 9.74. The summed E-state index contributed by atoms with van der Waals surface area (Å²) in [6.45, 7) is 0.567. The molecule has 0 radical (unpaired) electrons. The number of carbonyl (C=O) groups excluding carboxylic acids is 1. The van der Waals surface area contributed by atoms with Crippen molar-refractivity contribution >= 4 is 33.8 Å². The second-order valence-corrected chi connectivity index (χ2v) is 5.41. The molecule has 0 saturated heterocycles. The van der Waals surface area contributed by atoms with Crippen molar-refractivity contribution in [2.45, 2.75) is 6.42 Å². The first-order valence-electron chi connectivity index (χ1n) is 6.28. The number of nitrogens with zero attached hydrogens (tertiary/aromatic N) is 1. The number of nitrogen functional groups attached to an aromatic ring is 1. The minimum absolute atomic E-state index is 0.128. The average Bonchev–Trinajstić information content (AvgIpc) is 3.07. The molecule has 0 bridgehead atoms. The number of fused-ring (bicyclic) bond motifs is 1. The van der Waals surface area contributed by atoms with Crippen LogP contribution in [-0.2, 0) is 6.42 Å². The molecule has 1 aromatic carbocycles. The molecule has 0 spiro atoms. The predicted octanol–water partition coefficient (Wildman–Crippen LogP) is 2.18. The van der Waals surface area contributed by atoms with Gasteiger partial charge in [-0.2, -0.15) is 0 Å². The molecule has 0 atom stereocenters. The number of aromatic amines is 1. The lowest BCUT2D eigenvalue weighted by Crippen LogP contribution is -2.25. The van der Waals surface area contributed by atoms with Crippen LogP contribution in [0.4, 0.5) is 5.69 Å². The Morgan fingerprint density at radius 1 is 1.45 bits per heavy atom. The third kappa shape index (κ3) is 2.50. The third-order valence-corrected chi connectivity index (χ3v) is 3.88. The normalized spacial score (nSPS) is 10.8. The van der Waals surface area contributed by atoms with Crippen molar-refractivity contribution in [3.05, 3.63) is 46.5 Å². The molecule has 0 aliphatic heterocycles. The molecule has 1 amide bonds. The van der Waals surface area contributed by atoms with Crippen molar-refractivity contribution in [2.75, 3.05) is 12.3 Å². The van der Waals surface area contributed by atoms with Crippen molar-refractivity contribution in [3.8, 4) is 0 Å². The molecule has 5 nitrogen and oxygen atoms in total. The molecule has 2 heterocycles. The van der Waals surface area contributed by atoms with E-state index in [1.165, 1.54) is 0 Å². The number of para-hydroxylation sites is 1. The molecule has 0 fully saturated rings. The summed E-state index contributed by atoms with van der Waals surface area (Å²) in [5.41, 5.74) is 7.84. The van der Waals surface area contributed by atoms with E-state index in [9.17, 15) is 4.79 Å². The van der Waals surface area contributed by atoms with E-state index in [1.54, 1.807) is 17.5 Å². The maximum Gasteiger partial charge on any atom is 0.267 e. The number of anilines is 1. The van der Waals surface area contributed by atoms with Gasteiger partial charge < -0.3 is 16.0 Å². The molecule has 2 aromatic heterocycles. The summed E-state index contributed by atoms with van der Waals surface area (Å²) < 4.78 is 0. The van der Waals surface area contributed by atoms with E-state index in [0.717, 1.165) is 22.3 Å². The van der Waals surface area contributed by atoms with Crippen LogP contribution in [0.1, 0.15) is 15.5 Å². The van der Waals surface area contributed by atoms with E-state index in [0.29, 0.717) is 17.9 Å². The van der Waals surface area contributed by atoms with Gasteiger partial charge in [-0.05, 0) is 12.1 Å². The Morgan fingerprint density at radius 2 is 2.35 bits per heavy atom. The molecule has 0 saturated carbocycles. The Morgan fingerprint density at radius 3 is 3.10 bits per heavy atom. The quantitative estimate of drug-likeness (QED) is 0.643. The monoisotopic (exact) mass is 286 g/mol. The number of nitrogens with two attached hydrogens (primary N) is 1. The van der Waals surface area contributed by atoms with Crippen molar-refractivity contribution in [1.82, 2.24) is 15.3 Å². The number of benzene rings is 1. The van der Waals surface area contributed by atoms with Gasteiger partial charge >= 0.3 is 0 Å². The van der Waals surface area contributed by atoms with E-state index < -0.39 is 0 Å². The minimum atomic E-state index is -0.128. The summed E-state index contributed by atoms with van der Waals surface area (Å²) in [7, 11) is 0. The van der Waals surface area contributed by atoms with Crippen LogP contribution in [0.25, 0.3) is 10.9 Å². The predicted molar refractivity (Wildman–Crippen MR) is 80.9 cm³/mol. The molecular weight excluding hydrogens is 272 g/mol. The maximum absolute atomic E-state index is 12.1. The average molecular weight is 286 g/mol. The van der Waals surface area contributed by atoms with Crippen molar-refractivity contribution in [3.63, 3.8) is 0 Å². The van der Waals surface area contributed by atoms with Gasteiger partial charge in [-0.25, -0.2) is 4.98 Å². The number of thiazole rings is 1. The van der Waals surface area contributed by atoms with Crippen molar-refractivity contribution < 1.29 is 4.79 Å². The summed E-state index contributed by atoms with van der Waals surface area (Å²) in [5, 5.41) is 6.76. The summed E-state index contributed by atoms with van der Waals surface area (Å²) in [6, 6.07) is 7.41. The topological polar surface area (TPSA) is 83.8 Å². The molecule has 0 aliphatic carbocycles.